The number of hydrogen-bond donors (Lipinski definition) is 1. The van der Waals surface area contributed by atoms with E-state index in [2.05, 4.69) is 17.5 Å². The van der Waals surface area contributed by atoms with E-state index in [1.165, 1.54) is 19.4 Å². The van der Waals surface area contributed by atoms with Gasteiger partial charge in [0.05, 0.1) is 30.4 Å². The number of nitrogens with zero attached hydrogens (tertiary/aromatic N) is 2. The Morgan fingerprint density at radius 3 is 2.70 bits per heavy atom. The molecule has 3 aromatic carbocycles. The van der Waals surface area contributed by atoms with E-state index < -0.39 is 4.92 Å². The predicted octanol–water partition coefficient (Wildman–Crippen LogP) is 5.40. The van der Waals surface area contributed by atoms with Gasteiger partial charge < -0.3 is 9.47 Å². The number of amides is 1. The van der Waals surface area contributed by atoms with Gasteiger partial charge in [-0.25, -0.2) is 5.43 Å². The number of unbranched alkanes of at least 4 members (excludes halogenated alkanes) is 2. The van der Waals surface area contributed by atoms with Crippen LogP contribution in [0.1, 0.15) is 47.7 Å². The van der Waals surface area contributed by atoms with E-state index in [-0.39, 0.29) is 23.1 Å². The van der Waals surface area contributed by atoms with E-state index in [0.717, 1.165) is 35.6 Å². The smallest absolute Gasteiger partial charge is 0.315 e. The summed E-state index contributed by atoms with van der Waals surface area (Å²) in [5, 5.41) is 17.4. The number of carbonyl (C=O) groups excluding carboxylic acids is 1. The zero-order valence-corrected chi connectivity index (χ0v) is 19.0. The first kappa shape index (κ1) is 23.7. The van der Waals surface area contributed by atoms with Crippen molar-refractivity contribution < 1.29 is 19.2 Å². The minimum atomic E-state index is -0.521. The average Bonchev–Trinajstić information content (AvgIpc) is 2.81. The van der Waals surface area contributed by atoms with E-state index in [0.29, 0.717) is 17.7 Å². The van der Waals surface area contributed by atoms with Crippen molar-refractivity contribution in [1.29, 1.82) is 0 Å². The summed E-state index contributed by atoms with van der Waals surface area (Å²) < 4.78 is 11.0. The van der Waals surface area contributed by atoms with Crippen molar-refractivity contribution in [2.75, 3.05) is 13.7 Å². The molecule has 0 aromatic heterocycles. The summed E-state index contributed by atoms with van der Waals surface area (Å²) in [6.45, 7) is 4.29. The van der Waals surface area contributed by atoms with Crippen molar-refractivity contribution >= 4 is 28.6 Å². The predicted molar refractivity (Wildman–Crippen MR) is 128 cm³/mol. The maximum Gasteiger partial charge on any atom is 0.315 e. The average molecular weight is 450 g/mol. The van der Waals surface area contributed by atoms with Gasteiger partial charge in [0.25, 0.3) is 5.91 Å². The maximum atomic E-state index is 12.8. The van der Waals surface area contributed by atoms with E-state index in [1.54, 1.807) is 6.07 Å². The van der Waals surface area contributed by atoms with Crippen LogP contribution in [-0.4, -0.2) is 30.8 Å². The third-order valence-electron chi connectivity index (χ3n) is 5.21. The molecule has 33 heavy (non-hydrogen) atoms. The number of hydrogen-bond acceptors (Lipinski definition) is 6. The van der Waals surface area contributed by atoms with E-state index in [9.17, 15) is 14.9 Å². The van der Waals surface area contributed by atoms with Gasteiger partial charge in [-0.05, 0) is 35.7 Å². The molecule has 3 aromatic rings. The minimum absolute atomic E-state index is 0.0890. The van der Waals surface area contributed by atoms with E-state index in [4.69, 9.17) is 9.47 Å². The van der Waals surface area contributed by atoms with E-state index >= 15 is 0 Å². The van der Waals surface area contributed by atoms with Crippen LogP contribution in [0.2, 0.25) is 0 Å². The van der Waals surface area contributed by atoms with Gasteiger partial charge in [-0.1, -0.05) is 56.2 Å². The molecule has 0 heterocycles. The fourth-order valence-corrected chi connectivity index (χ4v) is 3.54. The molecule has 0 radical (unpaired) electrons. The summed E-state index contributed by atoms with van der Waals surface area (Å²) in [5.74, 6) is -0.0394. The van der Waals surface area contributed by atoms with Crippen LogP contribution in [0.4, 0.5) is 5.69 Å². The molecule has 8 heteroatoms. The number of methoxy groups -OCH3 is 1. The summed E-state index contributed by atoms with van der Waals surface area (Å²) in [5.41, 5.74) is 4.05. The van der Waals surface area contributed by atoms with Crippen LogP contribution >= 0.6 is 0 Å². The molecule has 1 N–H and O–H groups in total. The fraction of sp³-hybridized carbons (Fsp3) is 0.280. The van der Waals surface area contributed by atoms with Gasteiger partial charge in [0, 0.05) is 11.6 Å². The van der Waals surface area contributed by atoms with Crippen molar-refractivity contribution in [2.45, 2.75) is 33.1 Å². The first-order chi connectivity index (χ1) is 16.0. The van der Waals surface area contributed by atoms with Crippen LogP contribution in [0.15, 0.2) is 53.6 Å². The molecule has 8 nitrogen and oxygen atoms in total. The highest BCUT2D eigenvalue weighted by atomic mass is 16.6. The first-order valence-electron chi connectivity index (χ1n) is 10.8. The third kappa shape index (κ3) is 5.65. The molecule has 1 amide bonds. The summed E-state index contributed by atoms with van der Waals surface area (Å²) in [4.78, 5) is 23.9. The van der Waals surface area contributed by atoms with Crippen molar-refractivity contribution in [3.8, 4) is 11.5 Å². The Kier molecular flexibility index (Phi) is 7.96. The highest BCUT2D eigenvalue weighted by molar-refractivity contribution is 6.08. The molecule has 0 fully saturated rings. The summed E-state index contributed by atoms with van der Waals surface area (Å²) in [7, 11) is 1.42. The molecule has 0 saturated heterocycles. The van der Waals surface area contributed by atoms with Gasteiger partial charge in [-0.3, -0.25) is 14.9 Å². The highest BCUT2D eigenvalue weighted by Crippen LogP contribution is 2.38. The second-order valence-corrected chi connectivity index (χ2v) is 7.56. The lowest BCUT2D eigenvalue weighted by Gasteiger charge is -2.12. The van der Waals surface area contributed by atoms with Crippen LogP contribution in [0, 0.1) is 17.0 Å². The van der Waals surface area contributed by atoms with Crippen LogP contribution in [0.5, 0.6) is 11.5 Å². The number of nitro benzene ring substituents is 1. The molecule has 0 saturated carbocycles. The van der Waals surface area contributed by atoms with Gasteiger partial charge in [-0.15, -0.1) is 0 Å². The van der Waals surface area contributed by atoms with E-state index in [1.807, 2.05) is 43.3 Å². The summed E-state index contributed by atoms with van der Waals surface area (Å²) in [6.07, 6.45) is 4.12. The Morgan fingerprint density at radius 1 is 1.18 bits per heavy atom. The maximum absolute atomic E-state index is 12.8. The normalized spacial score (nSPS) is 11.0. The van der Waals surface area contributed by atoms with Crippen molar-refractivity contribution in [2.24, 2.45) is 5.10 Å². The van der Waals surface area contributed by atoms with Gasteiger partial charge in [-0.2, -0.15) is 5.10 Å². The SMILES string of the molecule is CCCCCOc1c(OC)cc(/C=N\NC(=O)c2c(C)ccc3ccccc23)cc1[N+](=O)[O-]. The molecule has 0 bridgehead atoms. The second-order valence-electron chi connectivity index (χ2n) is 7.56. The highest BCUT2D eigenvalue weighted by Gasteiger charge is 2.22. The molecule has 0 atom stereocenters. The molecular formula is C25H27N3O5. The lowest BCUT2D eigenvalue weighted by molar-refractivity contribution is -0.386. The number of aryl methyl sites for hydroxylation is 1. The van der Waals surface area contributed by atoms with Gasteiger partial charge >= 0.3 is 5.69 Å². The number of rotatable bonds is 10. The molecule has 0 unspecified atom stereocenters. The molecule has 172 valence electrons. The number of carbonyl (C=O) groups is 1. The van der Waals surface area contributed by atoms with Gasteiger partial charge in [0.2, 0.25) is 5.75 Å². The Labute approximate surface area is 192 Å². The number of nitro groups is 1. The van der Waals surface area contributed by atoms with Crippen molar-refractivity contribution in [3.05, 3.63) is 75.3 Å². The Bertz CT molecular complexity index is 1190. The number of fused-ring (bicyclic) bond motifs is 1. The zero-order valence-electron chi connectivity index (χ0n) is 19.0. The molecule has 0 aliphatic carbocycles. The first-order valence-corrected chi connectivity index (χ1v) is 10.8. The van der Waals surface area contributed by atoms with Crippen LogP contribution in [0.25, 0.3) is 10.8 Å². The topological polar surface area (TPSA) is 103 Å². The number of benzene rings is 3. The largest absolute Gasteiger partial charge is 0.493 e. The van der Waals surface area contributed by atoms with Gasteiger partial charge in [0.1, 0.15) is 0 Å². The van der Waals surface area contributed by atoms with Crippen LogP contribution < -0.4 is 14.9 Å². The monoisotopic (exact) mass is 449 g/mol. The van der Waals surface area contributed by atoms with Crippen LogP contribution in [-0.2, 0) is 0 Å². The summed E-state index contributed by atoms with van der Waals surface area (Å²) in [6, 6.07) is 14.4. The molecular weight excluding hydrogens is 422 g/mol. The molecule has 0 spiro atoms. The molecule has 0 aliphatic heterocycles. The number of hydrazone groups is 1. The Balaban J connectivity index is 1.82. The van der Waals surface area contributed by atoms with Crippen LogP contribution in [0.3, 0.4) is 0 Å². The zero-order chi connectivity index (χ0) is 23.8. The van der Waals surface area contributed by atoms with Crippen molar-refractivity contribution in [3.63, 3.8) is 0 Å². The number of ether oxygens (including phenoxy) is 2. The lowest BCUT2D eigenvalue weighted by Crippen LogP contribution is -2.19. The Hall–Kier alpha value is -3.94. The second kappa shape index (κ2) is 11.1. The number of nitrogens with one attached hydrogen (secondary N) is 1. The molecule has 3 rings (SSSR count). The quantitative estimate of drug-likeness (QED) is 0.193. The third-order valence-corrected chi connectivity index (χ3v) is 5.21. The summed E-state index contributed by atoms with van der Waals surface area (Å²) >= 11 is 0. The minimum Gasteiger partial charge on any atom is -0.493 e. The standard InChI is InChI=1S/C25H27N3O5/c1-4-5-8-13-33-24-21(28(30)31)14-18(15-22(24)32-3)16-26-27-25(29)23-17(2)11-12-19-9-6-7-10-20(19)23/h6-7,9-12,14-16H,4-5,8,13H2,1-3H3,(H,27,29)/b26-16-. The fourth-order valence-electron chi connectivity index (χ4n) is 3.54. The van der Waals surface area contributed by atoms with Gasteiger partial charge in [0.15, 0.2) is 5.75 Å². The molecule has 0 aliphatic rings. The van der Waals surface area contributed by atoms with Crippen molar-refractivity contribution in [1.82, 2.24) is 5.43 Å². The lowest BCUT2D eigenvalue weighted by atomic mass is 9.99. The Morgan fingerprint density at radius 2 is 1.97 bits per heavy atom.